The van der Waals surface area contributed by atoms with Gasteiger partial charge in [-0.2, -0.15) is 0 Å². The molecule has 5 nitrogen and oxygen atoms in total. The van der Waals surface area contributed by atoms with Crippen LogP contribution in [0.15, 0.2) is 0 Å². The van der Waals surface area contributed by atoms with E-state index in [2.05, 4.69) is 24.5 Å². The van der Waals surface area contributed by atoms with Crippen molar-refractivity contribution >= 4 is 6.09 Å². The van der Waals surface area contributed by atoms with Crippen molar-refractivity contribution in [3.05, 3.63) is 0 Å². The van der Waals surface area contributed by atoms with Gasteiger partial charge in [0.2, 0.25) is 0 Å². The van der Waals surface area contributed by atoms with Gasteiger partial charge in [0.25, 0.3) is 0 Å². The van der Waals surface area contributed by atoms with Gasteiger partial charge < -0.3 is 20.1 Å². The lowest BCUT2D eigenvalue weighted by Crippen LogP contribution is -2.55. The fraction of sp³-hybridized carbons (Fsp3) is 0.941. The molecule has 22 heavy (non-hydrogen) atoms. The first-order chi connectivity index (χ1) is 9.95. The first-order valence-electron chi connectivity index (χ1n) is 8.33. The molecule has 1 amide bonds. The Hall–Kier alpha value is -0.810. The van der Waals surface area contributed by atoms with E-state index in [1.165, 1.54) is 0 Å². The highest BCUT2D eigenvalue weighted by Gasteiger charge is 2.32. The predicted molar refractivity (Wildman–Crippen MR) is 89.1 cm³/mol. The molecule has 0 aromatic heterocycles. The SMILES string of the molecule is CCC1(C)CC(NCC(C)(C)NC(=O)OC(C)(C)C)CCO1. The van der Waals surface area contributed by atoms with E-state index in [4.69, 9.17) is 9.47 Å². The number of rotatable bonds is 5. The summed E-state index contributed by atoms with van der Waals surface area (Å²) >= 11 is 0. The van der Waals surface area contributed by atoms with Crippen molar-refractivity contribution in [3.8, 4) is 0 Å². The van der Waals surface area contributed by atoms with Crippen LogP contribution < -0.4 is 10.6 Å². The highest BCUT2D eigenvalue weighted by Crippen LogP contribution is 2.27. The maximum atomic E-state index is 11.9. The number of alkyl carbamates (subject to hydrolysis) is 1. The first-order valence-corrected chi connectivity index (χ1v) is 8.33. The van der Waals surface area contributed by atoms with Crippen LogP contribution in [0.1, 0.15) is 67.7 Å². The zero-order valence-corrected chi connectivity index (χ0v) is 15.3. The Morgan fingerprint density at radius 1 is 1.32 bits per heavy atom. The van der Waals surface area contributed by atoms with Gasteiger partial charge in [-0.1, -0.05) is 6.92 Å². The minimum absolute atomic E-state index is 0.0291. The quantitative estimate of drug-likeness (QED) is 0.818. The van der Waals surface area contributed by atoms with Gasteiger partial charge in [0.15, 0.2) is 0 Å². The van der Waals surface area contributed by atoms with Crippen LogP contribution in [0.2, 0.25) is 0 Å². The summed E-state index contributed by atoms with van der Waals surface area (Å²) < 4.78 is 11.2. The second-order valence-corrected chi connectivity index (χ2v) is 8.23. The molecule has 2 N–H and O–H groups in total. The Morgan fingerprint density at radius 2 is 1.95 bits per heavy atom. The molecule has 0 radical (unpaired) electrons. The number of nitrogens with one attached hydrogen (secondary N) is 2. The van der Waals surface area contributed by atoms with E-state index >= 15 is 0 Å². The molecule has 0 aromatic rings. The Kier molecular flexibility index (Phi) is 6.27. The molecule has 0 saturated carbocycles. The minimum Gasteiger partial charge on any atom is -0.444 e. The summed E-state index contributed by atoms with van der Waals surface area (Å²) in [5.41, 5.74) is -0.862. The molecule has 1 saturated heterocycles. The van der Waals surface area contributed by atoms with Crippen LogP contribution in [-0.2, 0) is 9.47 Å². The molecule has 0 spiro atoms. The second kappa shape index (κ2) is 7.18. The average molecular weight is 314 g/mol. The third-order valence-corrected chi connectivity index (χ3v) is 4.01. The van der Waals surface area contributed by atoms with Gasteiger partial charge in [-0.15, -0.1) is 0 Å². The number of hydrogen-bond acceptors (Lipinski definition) is 4. The fourth-order valence-corrected chi connectivity index (χ4v) is 2.57. The monoisotopic (exact) mass is 314 g/mol. The lowest BCUT2D eigenvalue weighted by Gasteiger charge is -2.39. The average Bonchev–Trinajstić information content (AvgIpc) is 2.34. The van der Waals surface area contributed by atoms with Gasteiger partial charge in [-0.25, -0.2) is 4.79 Å². The molecule has 0 bridgehead atoms. The second-order valence-electron chi connectivity index (χ2n) is 8.23. The van der Waals surface area contributed by atoms with Crippen LogP contribution in [0.25, 0.3) is 0 Å². The maximum Gasteiger partial charge on any atom is 0.408 e. The fourth-order valence-electron chi connectivity index (χ4n) is 2.57. The molecule has 2 atom stereocenters. The van der Waals surface area contributed by atoms with Crippen LogP contribution in [0.3, 0.4) is 0 Å². The Morgan fingerprint density at radius 3 is 2.50 bits per heavy atom. The summed E-state index contributed by atoms with van der Waals surface area (Å²) in [5, 5.41) is 6.50. The zero-order valence-electron chi connectivity index (χ0n) is 15.3. The van der Waals surface area contributed by atoms with Crippen LogP contribution in [0, 0.1) is 0 Å². The molecule has 0 aliphatic carbocycles. The Bertz CT molecular complexity index is 377. The lowest BCUT2D eigenvalue weighted by molar-refractivity contribution is -0.0784. The number of ether oxygens (including phenoxy) is 2. The molecule has 1 heterocycles. The smallest absolute Gasteiger partial charge is 0.408 e. The van der Waals surface area contributed by atoms with E-state index in [0.29, 0.717) is 12.6 Å². The molecule has 5 heteroatoms. The molecule has 0 aromatic carbocycles. The van der Waals surface area contributed by atoms with E-state index in [1.807, 2.05) is 34.6 Å². The molecule has 1 fully saturated rings. The number of amides is 1. The predicted octanol–water partition coefficient (Wildman–Crippen LogP) is 3.23. The van der Waals surface area contributed by atoms with Gasteiger partial charge in [0.1, 0.15) is 5.60 Å². The number of carbonyl (C=O) groups is 1. The van der Waals surface area contributed by atoms with Crippen molar-refractivity contribution in [3.63, 3.8) is 0 Å². The topological polar surface area (TPSA) is 59.6 Å². The van der Waals surface area contributed by atoms with Crippen molar-refractivity contribution < 1.29 is 14.3 Å². The van der Waals surface area contributed by atoms with Crippen molar-refractivity contribution in [2.75, 3.05) is 13.2 Å². The summed E-state index contributed by atoms with van der Waals surface area (Å²) in [6, 6.07) is 0.429. The van der Waals surface area contributed by atoms with E-state index in [-0.39, 0.29) is 17.2 Å². The summed E-state index contributed by atoms with van der Waals surface area (Å²) in [6.07, 6.45) is 2.67. The highest BCUT2D eigenvalue weighted by atomic mass is 16.6. The lowest BCUT2D eigenvalue weighted by atomic mass is 9.89. The molecule has 1 aliphatic heterocycles. The summed E-state index contributed by atoms with van der Waals surface area (Å²) in [7, 11) is 0. The summed E-state index contributed by atoms with van der Waals surface area (Å²) in [4.78, 5) is 11.9. The van der Waals surface area contributed by atoms with Crippen molar-refractivity contribution in [1.29, 1.82) is 0 Å². The normalized spacial score (nSPS) is 26.6. The largest absolute Gasteiger partial charge is 0.444 e. The Balaban J connectivity index is 2.43. The Labute approximate surface area is 135 Å². The molecular formula is C17H34N2O3. The van der Waals surface area contributed by atoms with E-state index < -0.39 is 5.60 Å². The van der Waals surface area contributed by atoms with Crippen LogP contribution in [0.4, 0.5) is 4.79 Å². The van der Waals surface area contributed by atoms with Gasteiger partial charge in [-0.05, 0) is 60.8 Å². The zero-order chi connectivity index (χ0) is 17.0. The summed E-state index contributed by atoms with van der Waals surface area (Å²) in [6.45, 7) is 15.4. The van der Waals surface area contributed by atoms with Gasteiger partial charge in [0.05, 0.1) is 11.1 Å². The van der Waals surface area contributed by atoms with Crippen molar-refractivity contribution in [1.82, 2.24) is 10.6 Å². The van der Waals surface area contributed by atoms with Crippen molar-refractivity contribution in [2.45, 2.75) is 90.5 Å². The number of hydrogen-bond donors (Lipinski definition) is 2. The minimum atomic E-state index is -0.475. The van der Waals surface area contributed by atoms with Gasteiger partial charge in [0, 0.05) is 19.2 Å². The van der Waals surface area contributed by atoms with Gasteiger partial charge in [-0.3, -0.25) is 0 Å². The molecule has 1 rings (SSSR count). The maximum absolute atomic E-state index is 11.9. The van der Waals surface area contributed by atoms with E-state index in [1.54, 1.807) is 0 Å². The molecule has 130 valence electrons. The van der Waals surface area contributed by atoms with E-state index in [9.17, 15) is 4.79 Å². The first kappa shape index (κ1) is 19.2. The molecule has 2 unspecified atom stereocenters. The van der Waals surface area contributed by atoms with E-state index in [0.717, 1.165) is 25.9 Å². The van der Waals surface area contributed by atoms with Crippen molar-refractivity contribution in [2.24, 2.45) is 0 Å². The van der Waals surface area contributed by atoms with Gasteiger partial charge >= 0.3 is 6.09 Å². The van der Waals surface area contributed by atoms with Crippen LogP contribution in [-0.4, -0.2) is 42.0 Å². The highest BCUT2D eigenvalue weighted by molar-refractivity contribution is 5.68. The van der Waals surface area contributed by atoms with Crippen LogP contribution in [0.5, 0.6) is 0 Å². The standard InChI is InChI=1S/C17H34N2O3/c1-8-17(7)11-13(9-10-21-17)18-12-16(5,6)19-14(20)22-15(2,3)4/h13,18H,8-12H2,1-7H3,(H,19,20). The number of carbonyl (C=O) groups excluding carboxylic acids is 1. The third-order valence-electron chi connectivity index (χ3n) is 4.01. The molecule has 1 aliphatic rings. The third kappa shape index (κ3) is 6.97. The van der Waals surface area contributed by atoms with Crippen LogP contribution >= 0.6 is 0 Å². The summed E-state index contributed by atoms with van der Waals surface area (Å²) in [5.74, 6) is 0. The molecular weight excluding hydrogens is 280 g/mol.